The Kier molecular flexibility index (Phi) is 3.71. The molecule has 0 aliphatic rings. The third kappa shape index (κ3) is 2.69. The number of nitrogens with zero attached hydrogens (tertiary/aromatic N) is 2. The predicted octanol–water partition coefficient (Wildman–Crippen LogP) is 3.70. The zero-order valence-electron chi connectivity index (χ0n) is 10.5. The minimum absolute atomic E-state index is 0.285. The molecule has 1 aromatic carbocycles. The number of halogens is 1. The Labute approximate surface area is 125 Å². The van der Waals surface area contributed by atoms with Crippen molar-refractivity contribution in [3.8, 4) is 5.75 Å². The molecule has 0 unspecified atom stereocenters. The Morgan fingerprint density at radius 1 is 1.30 bits per heavy atom. The number of hydrogen-bond acceptors (Lipinski definition) is 5. The van der Waals surface area contributed by atoms with Gasteiger partial charge in [-0.3, -0.25) is 0 Å². The van der Waals surface area contributed by atoms with E-state index >= 15 is 0 Å². The summed E-state index contributed by atoms with van der Waals surface area (Å²) < 4.78 is 0. The second kappa shape index (κ2) is 5.64. The van der Waals surface area contributed by atoms with Gasteiger partial charge in [0.2, 0.25) is 0 Å². The molecule has 0 saturated heterocycles. The highest BCUT2D eigenvalue weighted by atomic mass is 35.5. The third-order valence-corrected chi connectivity index (χ3v) is 4.26. The summed E-state index contributed by atoms with van der Waals surface area (Å²) in [5.41, 5.74) is 1.07. The Morgan fingerprint density at radius 3 is 3.05 bits per heavy atom. The molecule has 4 nitrogen and oxygen atoms in total. The number of nitrogens with one attached hydrogen (secondary N) is 1. The molecular formula is C14H12ClN3OS. The molecule has 2 aromatic heterocycles. The lowest BCUT2D eigenvalue weighted by molar-refractivity contribution is 0.474. The van der Waals surface area contributed by atoms with E-state index in [0.29, 0.717) is 11.6 Å². The van der Waals surface area contributed by atoms with Crippen LogP contribution in [0.15, 0.2) is 36.0 Å². The zero-order chi connectivity index (χ0) is 13.9. The molecule has 2 N–H and O–H groups in total. The number of aromatic hydroxyl groups is 1. The van der Waals surface area contributed by atoms with Gasteiger partial charge >= 0.3 is 0 Å². The van der Waals surface area contributed by atoms with Gasteiger partial charge in [-0.05, 0) is 24.1 Å². The van der Waals surface area contributed by atoms with E-state index in [0.717, 1.165) is 28.0 Å². The van der Waals surface area contributed by atoms with Crippen LogP contribution >= 0.6 is 22.9 Å². The molecule has 3 rings (SSSR count). The van der Waals surface area contributed by atoms with Crippen molar-refractivity contribution in [1.82, 2.24) is 9.97 Å². The van der Waals surface area contributed by atoms with Crippen molar-refractivity contribution < 1.29 is 5.11 Å². The monoisotopic (exact) mass is 305 g/mol. The first-order valence-corrected chi connectivity index (χ1v) is 7.39. The number of fused-ring (bicyclic) bond motifs is 1. The van der Waals surface area contributed by atoms with Crippen molar-refractivity contribution in [3.05, 3.63) is 46.6 Å². The summed E-state index contributed by atoms with van der Waals surface area (Å²) in [4.78, 5) is 9.31. The molecule has 3 aromatic rings. The van der Waals surface area contributed by atoms with Gasteiger partial charge in [-0.2, -0.15) is 0 Å². The molecule has 0 spiro atoms. The van der Waals surface area contributed by atoms with E-state index in [2.05, 4.69) is 15.3 Å². The maximum atomic E-state index is 9.42. The quantitative estimate of drug-likeness (QED) is 0.771. The van der Waals surface area contributed by atoms with Gasteiger partial charge in [0.05, 0.1) is 10.4 Å². The van der Waals surface area contributed by atoms with Gasteiger partial charge in [0.15, 0.2) is 0 Å². The summed E-state index contributed by atoms with van der Waals surface area (Å²) in [5, 5.41) is 16.1. The first-order chi connectivity index (χ1) is 9.74. The van der Waals surface area contributed by atoms with E-state index in [-0.39, 0.29) is 5.75 Å². The zero-order valence-corrected chi connectivity index (χ0v) is 12.1. The van der Waals surface area contributed by atoms with Gasteiger partial charge in [-0.25, -0.2) is 9.97 Å². The highest BCUT2D eigenvalue weighted by molar-refractivity contribution is 7.17. The summed E-state index contributed by atoms with van der Waals surface area (Å²) in [7, 11) is 0. The molecular weight excluding hydrogens is 294 g/mol. The summed E-state index contributed by atoms with van der Waals surface area (Å²) >= 11 is 7.66. The molecule has 0 radical (unpaired) electrons. The minimum Gasteiger partial charge on any atom is -0.508 e. The molecule has 20 heavy (non-hydrogen) atoms. The molecule has 0 atom stereocenters. The first-order valence-electron chi connectivity index (χ1n) is 6.13. The molecule has 0 fully saturated rings. The standard InChI is InChI=1S/C14H12ClN3OS/c15-11-7-20-14-12(11)13(17-8-18-14)16-5-4-9-2-1-3-10(19)6-9/h1-3,6-8,19H,4-5H2,(H,16,17,18). The van der Waals surface area contributed by atoms with Crippen LogP contribution in [0.1, 0.15) is 5.56 Å². The van der Waals surface area contributed by atoms with E-state index in [1.165, 1.54) is 17.7 Å². The van der Waals surface area contributed by atoms with Crippen LogP contribution < -0.4 is 5.32 Å². The van der Waals surface area contributed by atoms with Crippen LogP contribution in [0.4, 0.5) is 5.82 Å². The Hall–Kier alpha value is -1.85. The summed E-state index contributed by atoms with van der Waals surface area (Å²) in [5.74, 6) is 1.04. The number of rotatable bonds is 4. The summed E-state index contributed by atoms with van der Waals surface area (Å²) in [6.45, 7) is 0.710. The average molecular weight is 306 g/mol. The predicted molar refractivity (Wildman–Crippen MR) is 82.7 cm³/mol. The van der Waals surface area contributed by atoms with E-state index in [1.54, 1.807) is 12.1 Å². The van der Waals surface area contributed by atoms with Crippen molar-refractivity contribution in [2.75, 3.05) is 11.9 Å². The second-order valence-electron chi connectivity index (χ2n) is 4.33. The second-order valence-corrected chi connectivity index (χ2v) is 5.60. The third-order valence-electron chi connectivity index (χ3n) is 2.94. The molecule has 0 amide bonds. The Morgan fingerprint density at radius 2 is 2.20 bits per heavy atom. The Bertz CT molecular complexity index is 744. The van der Waals surface area contributed by atoms with Crippen molar-refractivity contribution in [3.63, 3.8) is 0 Å². The van der Waals surface area contributed by atoms with Crippen LogP contribution in [-0.4, -0.2) is 21.6 Å². The van der Waals surface area contributed by atoms with Gasteiger partial charge < -0.3 is 10.4 Å². The van der Waals surface area contributed by atoms with E-state index in [1.807, 2.05) is 17.5 Å². The number of phenolic OH excluding ortho intramolecular Hbond substituents is 1. The average Bonchev–Trinajstić information content (AvgIpc) is 2.82. The van der Waals surface area contributed by atoms with Gasteiger partial charge in [0.1, 0.15) is 22.7 Å². The molecule has 6 heteroatoms. The highest BCUT2D eigenvalue weighted by Gasteiger charge is 2.09. The summed E-state index contributed by atoms with van der Waals surface area (Å²) in [6.07, 6.45) is 2.33. The smallest absolute Gasteiger partial charge is 0.139 e. The lowest BCUT2D eigenvalue weighted by Crippen LogP contribution is -2.06. The fourth-order valence-electron chi connectivity index (χ4n) is 2.01. The molecule has 102 valence electrons. The lowest BCUT2D eigenvalue weighted by atomic mass is 10.1. The highest BCUT2D eigenvalue weighted by Crippen LogP contribution is 2.32. The normalized spacial score (nSPS) is 10.8. The number of thiophene rings is 1. The van der Waals surface area contributed by atoms with E-state index < -0.39 is 0 Å². The molecule has 2 heterocycles. The SMILES string of the molecule is Oc1cccc(CCNc2ncnc3scc(Cl)c23)c1. The number of benzene rings is 1. The van der Waals surface area contributed by atoms with Crippen LogP contribution in [0.25, 0.3) is 10.2 Å². The van der Waals surface area contributed by atoms with Crippen LogP contribution in [-0.2, 0) is 6.42 Å². The molecule has 0 bridgehead atoms. The van der Waals surface area contributed by atoms with E-state index in [4.69, 9.17) is 11.6 Å². The van der Waals surface area contributed by atoms with E-state index in [9.17, 15) is 5.11 Å². The minimum atomic E-state index is 0.285. The van der Waals surface area contributed by atoms with Gasteiger partial charge in [0.25, 0.3) is 0 Å². The van der Waals surface area contributed by atoms with Crippen molar-refractivity contribution in [2.24, 2.45) is 0 Å². The summed E-state index contributed by atoms with van der Waals surface area (Å²) in [6, 6.07) is 7.24. The maximum absolute atomic E-state index is 9.42. The van der Waals surface area contributed by atoms with Crippen molar-refractivity contribution >= 4 is 39.0 Å². The van der Waals surface area contributed by atoms with Crippen LogP contribution in [0, 0.1) is 0 Å². The topological polar surface area (TPSA) is 58.0 Å². The fraction of sp³-hybridized carbons (Fsp3) is 0.143. The Balaban J connectivity index is 1.73. The van der Waals surface area contributed by atoms with Crippen molar-refractivity contribution in [1.29, 1.82) is 0 Å². The van der Waals surface area contributed by atoms with Gasteiger partial charge in [0, 0.05) is 11.9 Å². The van der Waals surface area contributed by atoms with Gasteiger partial charge in [-0.1, -0.05) is 23.7 Å². The largest absolute Gasteiger partial charge is 0.508 e. The molecule has 0 saturated carbocycles. The molecule has 0 aliphatic heterocycles. The van der Waals surface area contributed by atoms with Crippen LogP contribution in [0.5, 0.6) is 5.75 Å². The first kappa shape index (κ1) is 13.1. The number of anilines is 1. The van der Waals surface area contributed by atoms with Gasteiger partial charge in [-0.15, -0.1) is 11.3 Å². The van der Waals surface area contributed by atoms with Crippen molar-refractivity contribution in [2.45, 2.75) is 6.42 Å². The van der Waals surface area contributed by atoms with Crippen LogP contribution in [0.3, 0.4) is 0 Å². The number of hydrogen-bond donors (Lipinski definition) is 2. The lowest BCUT2D eigenvalue weighted by Gasteiger charge is -2.07. The number of phenols is 1. The fourth-order valence-corrected chi connectivity index (χ4v) is 3.15. The molecule has 0 aliphatic carbocycles. The maximum Gasteiger partial charge on any atom is 0.139 e. The van der Waals surface area contributed by atoms with Crippen LogP contribution in [0.2, 0.25) is 5.02 Å². The number of aromatic nitrogens is 2.